The van der Waals surface area contributed by atoms with Gasteiger partial charge in [-0.3, -0.25) is 4.79 Å². The van der Waals surface area contributed by atoms with E-state index in [1.807, 2.05) is 12.1 Å². The SMILES string of the molecule is O=Cc1ccc(CC2CC2)cc1. The first-order chi connectivity index (χ1) is 5.88. The molecule has 1 aromatic carbocycles. The molecule has 1 nitrogen and oxygen atoms in total. The second-order valence-corrected chi connectivity index (χ2v) is 3.51. The van der Waals surface area contributed by atoms with E-state index in [1.54, 1.807) is 0 Å². The van der Waals surface area contributed by atoms with Crippen molar-refractivity contribution in [1.29, 1.82) is 0 Å². The average Bonchev–Trinajstić information content (AvgIpc) is 2.90. The summed E-state index contributed by atoms with van der Waals surface area (Å²) in [6, 6.07) is 7.90. The molecule has 0 aliphatic heterocycles. The Morgan fingerprint density at radius 3 is 2.42 bits per heavy atom. The second kappa shape index (κ2) is 3.10. The standard InChI is InChI=1S/C11H12O/c12-8-11-5-3-10(4-6-11)7-9-1-2-9/h3-6,8-9H,1-2,7H2. The molecule has 2 rings (SSSR count). The summed E-state index contributed by atoms with van der Waals surface area (Å²) in [6.45, 7) is 0. The lowest BCUT2D eigenvalue weighted by atomic mass is 10.1. The second-order valence-electron chi connectivity index (χ2n) is 3.51. The number of carbonyl (C=O) groups is 1. The van der Waals surface area contributed by atoms with Gasteiger partial charge in [-0.2, -0.15) is 0 Å². The monoisotopic (exact) mass is 160 g/mol. The minimum Gasteiger partial charge on any atom is -0.298 e. The molecule has 1 saturated carbocycles. The van der Waals surface area contributed by atoms with Crippen molar-refractivity contribution in [3.63, 3.8) is 0 Å². The van der Waals surface area contributed by atoms with Crippen molar-refractivity contribution in [1.82, 2.24) is 0 Å². The predicted octanol–water partition coefficient (Wildman–Crippen LogP) is 2.45. The molecule has 0 saturated heterocycles. The van der Waals surface area contributed by atoms with Crippen molar-refractivity contribution in [2.45, 2.75) is 19.3 Å². The fraction of sp³-hybridized carbons (Fsp3) is 0.364. The Morgan fingerprint density at radius 1 is 1.25 bits per heavy atom. The Morgan fingerprint density at radius 2 is 1.92 bits per heavy atom. The quantitative estimate of drug-likeness (QED) is 0.621. The molecular formula is C11H12O. The van der Waals surface area contributed by atoms with Gasteiger partial charge in [-0.25, -0.2) is 0 Å². The van der Waals surface area contributed by atoms with Crippen LogP contribution in [0.25, 0.3) is 0 Å². The van der Waals surface area contributed by atoms with Crippen LogP contribution in [0, 0.1) is 5.92 Å². The highest BCUT2D eigenvalue weighted by molar-refractivity contribution is 5.74. The first kappa shape index (κ1) is 7.53. The van der Waals surface area contributed by atoms with E-state index in [4.69, 9.17) is 0 Å². The summed E-state index contributed by atoms with van der Waals surface area (Å²) in [5, 5.41) is 0. The minimum atomic E-state index is 0.773. The van der Waals surface area contributed by atoms with E-state index in [0.717, 1.165) is 17.8 Å². The lowest BCUT2D eigenvalue weighted by molar-refractivity contribution is 0.112. The molecule has 0 spiro atoms. The third-order valence-corrected chi connectivity index (χ3v) is 2.34. The van der Waals surface area contributed by atoms with Crippen molar-refractivity contribution in [2.75, 3.05) is 0 Å². The Hall–Kier alpha value is -1.11. The van der Waals surface area contributed by atoms with Crippen LogP contribution in [0.4, 0.5) is 0 Å². The maximum Gasteiger partial charge on any atom is 0.150 e. The van der Waals surface area contributed by atoms with E-state index < -0.39 is 0 Å². The molecule has 1 aliphatic carbocycles. The highest BCUT2D eigenvalue weighted by Gasteiger charge is 2.20. The summed E-state index contributed by atoms with van der Waals surface area (Å²) in [5.41, 5.74) is 2.14. The molecule has 1 heteroatoms. The van der Waals surface area contributed by atoms with E-state index in [9.17, 15) is 4.79 Å². The molecule has 0 bridgehead atoms. The van der Waals surface area contributed by atoms with E-state index in [1.165, 1.54) is 24.8 Å². The third kappa shape index (κ3) is 1.73. The van der Waals surface area contributed by atoms with Gasteiger partial charge in [-0.15, -0.1) is 0 Å². The predicted molar refractivity (Wildman–Crippen MR) is 48.3 cm³/mol. The molecular weight excluding hydrogens is 148 g/mol. The topological polar surface area (TPSA) is 17.1 Å². The maximum absolute atomic E-state index is 10.4. The Balaban J connectivity index is 2.07. The number of hydrogen-bond donors (Lipinski definition) is 0. The van der Waals surface area contributed by atoms with Gasteiger partial charge in [-0.05, 0) is 30.7 Å². The van der Waals surface area contributed by atoms with Gasteiger partial charge in [-0.1, -0.05) is 24.3 Å². The smallest absolute Gasteiger partial charge is 0.150 e. The van der Waals surface area contributed by atoms with Crippen LogP contribution in [-0.4, -0.2) is 6.29 Å². The summed E-state index contributed by atoms with van der Waals surface area (Å²) < 4.78 is 0. The molecule has 0 atom stereocenters. The number of hydrogen-bond acceptors (Lipinski definition) is 1. The van der Waals surface area contributed by atoms with Crippen molar-refractivity contribution in [2.24, 2.45) is 5.92 Å². The van der Waals surface area contributed by atoms with Crippen LogP contribution < -0.4 is 0 Å². The van der Waals surface area contributed by atoms with Gasteiger partial charge < -0.3 is 0 Å². The lowest BCUT2D eigenvalue weighted by Gasteiger charge is -1.98. The molecule has 0 radical (unpaired) electrons. The van der Waals surface area contributed by atoms with E-state index in [0.29, 0.717) is 0 Å². The molecule has 0 N–H and O–H groups in total. The van der Waals surface area contributed by atoms with Crippen molar-refractivity contribution < 1.29 is 4.79 Å². The van der Waals surface area contributed by atoms with Crippen LogP contribution in [-0.2, 0) is 6.42 Å². The molecule has 0 unspecified atom stereocenters. The molecule has 1 fully saturated rings. The molecule has 1 aliphatic rings. The number of benzene rings is 1. The zero-order valence-electron chi connectivity index (χ0n) is 6.99. The highest BCUT2D eigenvalue weighted by atomic mass is 16.1. The Bertz CT molecular complexity index is 270. The van der Waals surface area contributed by atoms with Gasteiger partial charge in [0, 0.05) is 5.56 Å². The maximum atomic E-state index is 10.4. The number of aldehydes is 1. The summed E-state index contributed by atoms with van der Waals surface area (Å²) >= 11 is 0. The Labute approximate surface area is 72.4 Å². The summed E-state index contributed by atoms with van der Waals surface area (Å²) in [5.74, 6) is 0.923. The Kier molecular flexibility index (Phi) is 1.94. The molecule has 1 aromatic rings. The molecule has 0 heterocycles. The molecule has 62 valence electrons. The van der Waals surface area contributed by atoms with Gasteiger partial charge in [0.25, 0.3) is 0 Å². The van der Waals surface area contributed by atoms with Crippen LogP contribution in [0.1, 0.15) is 28.8 Å². The van der Waals surface area contributed by atoms with Crippen LogP contribution in [0.3, 0.4) is 0 Å². The lowest BCUT2D eigenvalue weighted by Crippen LogP contribution is -1.87. The van der Waals surface area contributed by atoms with E-state index in [2.05, 4.69) is 12.1 Å². The number of rotatable bonds is 3. The molecule has 0 amide bonds. The fourth-order valence-corrected chi connectivity index (χ4v) is 1.39. The van der Waals surface area contributed by atoms with E-state index >= 15 is 0 Å². The summed E-state index contributed by atoms with van der Waals surface area (Å²) in [6.07, 6.45) is 4.85. The minimum absolute atomic E-state index is 0.773. The van der Waals surface area contributed by atoms with Gasteiger partial charge in [0.05, 0.1) is 0 Å². The molecule has 0 aromatic heterocycles. The van der Waals surface area contributed by atoms with Crippen molar-refractivity contribution in [3.8, 4) is 0 Å². The first-order valence-electron chi connectivity index (χ1n) is 4.42. The molecule has 12 heavy (non-hydrogen) atoms. The van der Waals surface area contributed by atoms with Crippen LogP contribution in [0.2, 0.25) is 0 Å². The first-order valence-corrected chi connectivity index (χ1v) is 4.42. The summed E-state index contributed by atoms with van der Waals surface area (Å²) in [4.78, 5) is 10.4. The van der Waals surface area contributed by atoms with Crippen molar-refractivity contribution in [3.05, 3.63) is 35.4 Å². The van der Waals surface area contributed by atoms with Gasteiger partial charge in [0.1, 0.15) is 6.29 Å². The summed E-state index contributed by atoms with van der Waals surface area (Å²) in [7, 11) is 0. The van der Waals surface area contributed by atoms with E-state index in [-0.39, 0.29) is 0 Å². The van der Waals surface area contributed by atoms with Gasteiger partial charge in [0.15, 0.2) is 0 Å². The van der Waals surface area contributed by atoms with Gasteiger partial charge >= 0.3 is 0 Å². The van der Waals surface area contributed by atoms with Crippen LogP contribution in [0.5, 0.6) is 0 Å². The number of carbonyl (C=O) groups excluding carboxylic acids is 1. The van der Waals surface area contributed by atoms with Crippen LogP contribution >= 0.6 is 0 Å². The largest absolute Gasteiger partial charge is 0.298 e. The third-order valence-electron chi connectivity index (χ3n) is 2.34. The fourth-order valence-electron chi connectivity index (χ4n) is 1.39. The zero-order chi connectivity index (χ0) is 8.39. The van der Waals surface area contributed by atoms with Gasteiger partial charge in [0.2, 0.25) is 0 Å². The highest BCUT2D eigenvalue weighted by Crippen LogP contribution is 2.32. The van der Waals surface area contributed by atoms with Crippen LogP contribution in [0.15, 0.2) is 24.3 Å². The van der Waals surface area contributed by atoms with Crippen molar-refractivity contribution >= 4 is 6.29 Å². The average molecular weight is 160 g/mol. The zero-order valence-corrected chi connectivity index (χ0v) is 6.99. The normalized spacial score (nSPS) is 16.0.